The van der Waals surface area contributed by atoms with Crippen LogP contribution in [0.1, 0.15) is 43.6 Å². The van der Waals surface area contributed by atoms with Crippen LogP contribution in [0.3, 0.4) is 0 Å². The minimum atomic E-state index is -0.0178. The molecule has 0 aliphatic heterocycles. The summed E-state index contributed by atoms with van der Waals surface area (Å²) >= 11 is 0. The van der Waals surface area contributed by atoms with Crippen LogP contribution in [0.5, 0.6) is 0 Å². The van der Waals surface area contributed by atoms with Gasteiger partial charge in [-0.15, -0.1) is 0 Å². The SMILES string of the molecule is Fc1ccccc1C1CCCC1CNC1CC1. The minimum Gasteiger partial charge on any atom is -0.314 e. The fourth-order valence-corrected chi connectivity index (χ4v) is 3.07. The van der Waals surface area contributed by atoms with Gasteiger partial charge in [-0.1, -0.05) is 24.6 Å². The first-order chi connectivity index (χ1) is 8.34. The zero-order chi connectivity index (χ0) is 11.7. The van der Waals surface area contributed by atoms with Gasteiger partial charge in [0.1, 0.15) is 5.82 Å². The molecule has 2 aliphatic rings. The predicted molar refractivity (Wildman–Crippen MR) is 67.5 cm³/mol. The molecule has 2 saturated carbocycles. The van der Waals surface area contributed by atoms with Gasteiger partial charge in [0, 0.05) is 6.04 Å². The lowest BCUT2D eigenvalue weighted by Crippen LogP contribution is -2.26. The molecule has 0 heterocycles. The summed E-state index contributed by atoms with van der Waals surface area (Å²) in [6.45, 7) is 1.07. The maximum absolute atomic E-state index is 13.8. The van der Waals surface area contributed by atoms with Crippen LogP contribution in [0.2, 0.25) is 0 Å². The monoisotopic (exact) mass is 233 g/mol. The molecule has 2 heteroatoms. The van der Waals surface area contributed by atoms with E-state index in [0.29, 0.717) is 11.8 Å². The predicted octanol–water partition coefficient (Wildman–Crippen LogP) is 3.46. The van der Waals surface area contributed by atoms with Gasteiger partial charge in [-0.2, -0.15) is 0 Å². The second-order valence-electron chi connectivity index (χ2n) is 5.50. The van der Waals surface area contributed by atoms with Crippen molar-refractivity contribution >= 4 is 0 Å². The molecule has 0 spiro atoms. The van der Waals surface area contributed by atoms with Crippen molar-refractivity contribution in [2.24, 2.45) is 5.92 Å². The van der Waals surface area contributed by atoms with Crippen molar-refractivity contribution in [1.29, 1.82) is 0 Å². The zero-order valence-corrected chi connectivity index (χ0v) is 10.2. The summed E-state index contributed by atoms with van der Waals surface area (Å²) in [4.78, 5) is 0. The lowest BCUT2D eigenvalue weighted by atomic mass is 9.88. The van der Waals surface area contributed by atoms with Gasteiger partial charge < -0.3 is 5.32 Å². The van der Waals surface area contributed by atoms with Crippen LogP contribution in [0.25, 0.3) is 0 Å². The Labute approximate surface area is 102 Å². The Morgan fingerprint density at radius 1 is 1.12 bits per heavy atom. The van der Waals surface area contributed by atoms with Gasteiger partial charge in [-0.05, 0) is 55.7 Å². The average molecular weight is 233 g/mol. The molecule has 2 atom stereocenters. The van der Waals surface area contributed by atoms with Crippen molar-refractivity contribution in [3.8, 4) is 0 Å². The molecule has 0 radical (unpaired) electrons. The molecular weight excluding hydrogens is 213 g/mol. The van der Waals surface area contributed by atoms with Crippen molar-refractivity contribution in [3.63, 3.8) is 0 Å². The topological polar surface area (TPSA) is 12.0 Å². The molecular formula is C15H20FN. The Morgan fingerprint density at radius 3 is 2.71 bits per heavy atom. The van der Waals surface area contributed by atoms with E-state index in [1.165, 1.54) is 25.7 Å². The number of benzene rings is 1. The smallest absolute Gasteiger partial charge is 0.126 e. The van der Waals surface area contributed by atoms with Gasteiger partial charge in [0.05, 0.1) is 0 Å². The molecule has 2 fully saturated rings. The third-order valence-electron chi connectivity index (χ3n) is 4.21. The summed E-state index contributed by atoms with van der Waals surface area (Å²) in [6.07, 6.45) is 6.31. The van der Waals surface area contributed by atoms with E-state index in [2.05, 4.69) is 5.32 Å². The highest BCUT2D eigenvalue weighted by Crippen LogP contribution is 2.40. The van der Waals surface area contributed by atoms with Gasteiger partial charge in [-0.25, -0.2) is 4.39 Å². The van der Waals surface area contributed by atoms with E-state index in [4.69, 9.17) is 0 Å². The van der Waals surface area contributed by atoms with Crippen molar-refractivity contribution < 1.29 is 4.39 Å². The van der Waals surface area contributed by atoms with E-state index >= 15 is 0 Å². The average Bonchev–Trinajstić information content (AvgIpc) is 3.06. The van der Waals surface area contributed by atoms with Gasteiger partial charge in [0.15, 0.2) is 0 Å². The Morgan fingerprint density at radius 2 is 1.94 bits per heavy atom. The number of nitrogens with one attached hydrogen (secondary N) is 1. The van der Waals surface area contributed by atoms with E-state index in [-0.39, 0.29) is 5.82 Å². The van der Waals surface area contributed by atoms with Crippen LogP contribution in [0.15, 0.2) is 24.3 Å². The Balaban J connectivity index is 1.69. The number of rotatable bonds is 4. The van der Waals surface area contributed by atoms with Crippen molar-refractivity contribution in [2.75, 3.05) is 6.54 Å². The van der Waals surface area contributed by atoms with Gasteiger partial charge in [0.2, 0.25) is 0 Å². The van der Waals surface area contributed by atoms with Crippen LogP contribution in [0.4, 0.5) is 4.39 Å². The van der Waals surface area contributed by atoms with Crippen LogP contribution in [-0.4, -0.2) is 12.6 Å². The standard InChI is InChI=1S/C15H20FN/c16-15-7-2-1-5-14(15)13-6-3-4-11(13)10-17-12-8-9-12/h1-2,5,7,11-13,17H,3-4,6,8-10H2. The Hall–Kier alpha value is -0.890. The fourth-order valence-electron chi connectivity index (χ4n) is 3.07. The summed E-state index contributed by atoms with van der Waals surface area (Å²) < 4.78 is 13.8. The van der Waals surface area contributed by atoms with Crippen LogP contribution in [-0.2, 0) is 0 Å². The normalized spacial score (nSPS) is 28.5. The molecule has 0 amide bonds. The molecule has 3 rings (SSSR count). The maximum atomic E-state index is 13.8. The molecule has 17 heavy (non-hydrogen) atoms. The first kappa shape index (κ1) is 11.2. The summed E-state index contributed by atoms with van der Waals surface area (Å²) in [5, 5.41) is 3.60. The van der Waals surface area contributed by atoms with E-state index in [0.717, 1.165) is 24.6 Å². The molecule has 1 N–H and O–H groups in total. The highest BCUT2D eigenvalue weighted by molar-refractivity contribution is 5.23. The second kappa shape index (κ2) is 4.77. The van der Waals surface area contributed by atoms with E-state index in [1.807, 2.05) is 12.1 Å². The summed E-state index contributed by atoms with van der Waals surface area (Å²) in [5.41, 5.74) is 0.938. The maximum Gasteiger partial charge on any atom is 0.126 e. The second-order valence-corrected chi connectivity index (χ2v) is 5.50. The molecule has 0 saturated heterocycles. The van der Waals surface area contributed by atoms with Crippen molar-refractivity contribution in [3.05, 3.63) is 35.6 Å². The number of hydrogen-bond donors (Lipinski definition) is 1. The van der Waals surface area contributed by atoms with Gasteiger partial charge in [-0.3, -0.25) is 0 Å². The molecule has 1 aromatic carbocycles. The van der Waals surface area contributed by atoms with Gasteiger partial charge in [0.25, 0.3) is 0 Å². The zero-order valence-electron chi connectivity index (χ0n) is 10.2. The Kier molecular flexibility index (Phi) is 3.15. The summed E-state index contributed by atoms with van der Waals surface area (Å²) in [6, 6.07) is 8.07. The molecule has 2 aliphatic carbocycles. The largest absolute Gasteiger partial charge is 0.314 e. The van der Waals surface area contributed by atoms with E-state index in [9.17, 15) is 4.39 Å². The van der Waals surface area contributed by atoms with Crippen LogP contribution >= 0.6 is 0 Å². The lowest BCUT2D eigenvalue weighted by Gasteiger charge is -2.21. The third-order valence-corrected chi connectivity index (χ3v) is 4.21. The summed E-state index contributed by atoms with van der Waals surface area (Å²) in [5.74, 6) is 1.05. The van der Waals surface area contributed by atoms with E-state index in [1.54, 1.807) is 12.1 Å². The highest BCUT2D eigenvalue weighted by atomic mass is 19.1. The van der Waals surface area contributed by atoms with Gasteiger partial charge >= 0.3 is 0 Å². The van der Waals surface area contributed by atoms with Crippen LogP contribution in [0, 0.1) is 11.7 Å². The molecule has 92 valence electrons. The highest BCUT2D eigenvalue weighted by Gasteiger charge is 2.31. The molecule has 1 aromatic rings. The fraction of sp³-hybridized carbons (Fsp3) is 0.600. The summed E-state index contributed by atoms with van der Waals surface area (Å²) in [7, 11) is 0. The first-order valence-electron chi connectivity index (χ1n) is 6.82. The lowest BCUT2D eigenvalue weighted by molar-refractivity contribution is 0.431. The molecule has 0 aromatic heterocycles. The van der Waals surface area contributed by atoms with E-state index < -0.39 is 0 Å². The molecule has 1 nitrogen and oxygen atoms in total. The van der Waals surface area contributed by atoms with Crippen molar-refractivity contribution in [2.45, 2.75) is 44.1 Å². The van der Waals surface area contributed by atoms with Crippen molar-refractivity contribution in [1.82, 2.24) is 5.32 Å². The third kappa shape index (κ3) is 2.52. The molecule has 0 bridgehead atoms. The number of halogens is 1. The quantitative estimate of drug-likeness (QED) is 0.839. The first-order valence-corrected chi connectivity index (χ1v) is 6.82. The van der Waals surface area contributed by atoms with Crippen LogP contribution < -0.4 is 5.32 Å². The molecule has 2 unspecified atom stereocenters. The minimum absolute atomic E-state index is 0.0178. The Bertz CT molecular complexity index is 386. The number of hydrogen-bond acceptors (Lipinski definition) is 1.